The molecule has 2 heterocycles. The van der Waals surface area contributed by atoms with E-state index in [1.807, 2.05) is 18.3 Å². The molecule has 0 amide bonds. The van der Waals surface area contributed by atoms with Gasteiger partial charge >= 0.3 is 0 Å². The molecule has 1 aliphatic heterocycles. The Morgan fingerprint density at radius 1 is 0.962 bits per heavy atom. The van der Waals surface area contributed by atoms with Gasteiger partial charge in [-0.05, 0) is 61.2 Å². The average Bonchev–Trinajstić information content (AvgIpc) is 3.18. The van der Waals surface area contributed by atoms with Crippen molar-refractivity contribution >= 4 is 11.6 Å². The Labute approximate surface area is 159 Å². The number of piperidine rings is 1. The van der Waals surface area contributed by atoms with Crippen LogP contribution in [0.1, 0.15) is 36.6 Å². The molecule has 2 aromatic carbocycles. The molecule has 26 heavy (non-hydrogen) atoms. The lowest BCUT2D eigenvalue weighted by atomic mass is 9.68. The highest BCUT2D eigenvalue weighted by molar-refractivity contribution is 6.30. The van der Waals surface area contributed by atoms with Gasteiger partial charge in [-0.1, -0.05) is 54.9 Å². The maximum Gasteiger partial charge on any atom is 0.0568 e. The van der Waals surface area contributed by atoms with Crippen LogP contribution in [0.2, 0.25) is 5.02 Å². The zero-order valence-corrected chi connectivity index (χ0v) is 15.8. The Hall–Kier alpha value is -2.10. The van der Waals surface area contributed by atoms with Gasteiger partial charge in [0.2, 0.25) is 0 Å². The van der Waals surface area contributed by atoms with E-state index in [1.165, 1.54) is 27.9 Å². The van der Waals surface area contributed by atoms with Gasteiger partial charge in [-0.3, -0.25) is 5.10 Å². The fourth-order valence-electron chi connectivity index (χ4n) is 4.17. The lowest BCUT2D eigenvalue weighted by Crippen LogP contribution is -2.40. The van der Waals surface area contributed by atoms with E-state index in [2.05, 4.69) is 58.8 Å². The second-order valence-corrected chi connectivity index (χ2v) is 7.47. The normalized spacial score (nSPS) is 16.5. The SMILES string of the molecule is CCc1[nH]ncc1-c1ccc(C2(c3ccc(Cl)cc3)CCNCC2)cc1. The number of H-pyrrole nitrogens is 1. The molecular formula is C22H24ClN3. The predicted octanol–water partition coefficient (Wildman–Crippen LogP) is 4.96. The minimum Gasteiger partial charge on any atom is -0.317 e. The van der Waals surface area contributed by atoms with Crippen LogP contribution in [0.5, 0.6) is 0 Å². The molecule has 1 saturated heterocycles. The number of hydrogen-bond donors (Lipinski definition) is 2. The summed E-state index contributed by atoms with van der Waals surface area (Å²) < 4.78 is 0. The van der Waals surface area contributed by atoms with E-state index in [0.717, 1.165) is 37.4 Å². The van der Waals surface area contributed by atoms with Crippen LogP contribution in [0.3, 0.4) is 0 Å². The van der Waals surface area contributed by atoms with Gasteiger partial charge in [0.05, 0.1) is 6.20 Å². The third-order valence-corrected chi connectivity index (χ3v) is 5.93. The molecule has 0 aliphatic carbocycles. The van der Waals surface area contributed by atoms with Crippen LogP contribution >= 0.6 is 11.6 Å². The highest BCUT2D eigenvalue weighted by atomic mass is 35.5. The summed E-state index contributed by atoms with van der Waals surface area (Å²) in [5, 5.41) is 11.6. The molecular weight excluding hydrogens is 342 g/mol. The molecule has 2 N–H and O–H groups in total. The Kier molecular flexibility index (Phi) is 4.84. The maximum absolute atomic E-state index is 6.13. The summed E-state index contributed by atoms with van der Waals surface area (Å²) >= 11 is 6.13. The first-order valence-corrected chi connectivity index (χ1v) is 9.71. The fourth-order valence-corrected chi connectivity index (χ4v) is 4.29. The van der Waals surface area contributed by atoms with Gasteiger partial charge in [0.1, 0.15) is 0 Å². The quantitative estimate of drug-likeness (QED) is 0.685. The summed E-state index contributed by atoms with van der Waals surface area (Å²) in [6, 6.07) is 17.4. The van der Waals surface area contributed by atoms with Crippen molar-refractivity contribution < 1.29 is 0 Å². The number of benzene rings is 2. The first-order valence-electron chi connectivity index (χ1n) is 9.33. The van der Waals surface area contributed by atoms with Crippen molar-refractivity contribution in [2.45, 2.75) is 31.6 Å². The van der Waals surface area contributed by atoms with Crippen LogP contribution in [0.25, 0.3) is 11.1 Å². The van der Waals surface area contributed by atoms with Crippen molar-refractivity contribution in [2.75, 3.05) is 13.1 Å². The lowest BCUT2D eigenvalue weighted by molar-refractivity contribution is 0.362. The molecule has 0 radical (unpaired) electrons. The monoisotopic (exact) mass is 365 g/mol. The summed E-state index contributed by atoms with van der Waals surface area (Å²) in [6.45, 7) is 4.22. The number of aromatic amines is 1. The molecule has 1 aromatic heterocycles. The van der Waals surface area contributed by atoms with Crippen LogP contribution in [0.15, 0.2) is 54.7 Å². The van der Waals surface area contributed by atoms with E-state index in [1.54, 1.807) is 0 Å². The minimum atomic E-state index is 0.0539. The molecule has 3 nitrogen and oxygen atoms in total. The van der Waals surface area contributed by atoms with E-state index >= 15 is 0 Å². The van der Waals surface area contributed by atoms with Crippen molar-refractivity contribution in [2.24, 2.45) is 0 Å². The van der Waals surface area contributed by atoms with Gasteiger partial charge in [0, 0.05) is 21.7 Å². The van der Waals surface area contributed by atoms with E-state index in [9.17, 15) is 0 Å². The number of nitrogens with one attached hydrogen (secondary N) is 2. The first-order chi connectivity index (χ1) is 12.7. The van der Waals surface area contributed by atoms with E-state index in [-0.39, 0.29) is 5.41 Å². The Morgan fingerprint density at radius 3 is 2.19 bits per heavy atom. The number of rotatable bonds is 4. The van der Waals surface area contributed by atoms with Crippen LogP contribution in [0, 0.1) is 0 Å². The molecule has 3 aromatic rings. The molecule has 0 spiro atoms. The zero-order chi connectivity index (χ0) is 18.0. The van der Waals surface area contributed by atoms with Gasteiger partial charge in [0.15, 0.2) is 0 Å². The van der Waals surface area contributed by atoms with Gasteiger partial charge in [-0.25, -0.2) is 0 Å². The summed E-state index contributed by atoms with van der Waals surface area (Å²) in [5.41, 5.74) is 6.40. The molecule has 0 saturated carbocycles. The van der Waals surface area contributed by atoms with Crippen LogP contribution in [-0.4, -0.2) is 23.3 Å². The van der Waals surface area contributed by atoms with Gasteiger partial charge in [-0.15, -0.1) is 0 Å². The lowest BCUT2D eigenvalue weighted by Gasteiger charge is -2.39. The van der Waals surface area contributed by atoms with E-state index in [4.69, 9.17) is 11.6 Å². The average molecular weight is 366 g/mol. The largest absolute Gasteiger partial charge is 0.317 e. The van der Waals surface area contributed by atoms with Crippen molar-refractivity contribution in [1.82, 2.24) is 15.5 Å². The first kappa shape index (κ1) is 17.3. The van der Waals surface area contributed by atoms with E-state index in [0.29, 0.717) is 0 Å². The number of aromatic nitrogens is 2. The summed E-state index contributed by atoms with van der Waals surface area (Å²) in [4.78, 5) is 0. The highest BCUT2D eigenvalue weighted by Crippen LogP contribution is 2.41. The molecule has 0 atom stereocenters. The molecule has 4 rings (SSSR count). The molecule has 1 fully saturated rings. The van der Waals surface area contributed by atoms with Crippen molar-refractivity contribution in [3.63, 3.8) is 0 Å². The van der Waals surface area contributed by atoms with Gasteiger partial charge in [-0.2, -0.15) is 5.10 Å². The minimum absolute atomic E-state index is 0.0539. The van der Waals surface area contributed by atoms with Gasteiger partial charge in [0.25, 0.3) is 0 Å². The molecule has 0 unspecified atom stereocenters. The number of halogens is 1. The number of aryl methyl sites for hydroxylation is 1. The summed E-state index contributed by atoms with van der Waals surface area (Å²) in [5.74, 6) is 0. The van der Waals surface area contributed by atoms with Gasteiger partial charge < -0.3 is 5.32 Å². The third kappa shape index (κ3) is 3.06. The van der Waals surface area contributed by atoms with Crippen LogP contribution in [0.4, 0.5) is 0 Å². The topological polar surface area (TPSA) is 40.7 Å². The Morgan fingerprint density at radius 2 is 1.58 bits per heavy atom. The van der Waals surface area contributed by atoms with Crippen molar-refractivity contribution in [3.05, 3.63) is 76.6 Å². The second-order valence-electron chi connectivity index (χ2n) is 7.03. The fraction of sp³-hybridized carbons (Fsp3) is 0.318. The van der Waals surface area contributed by atoms with Crippen LogP contribution in [-0.2, 0) is 11.8 Å². The molecule has 1 aliphatic rings. The van der Waals surface area contributed by atoms with Crippen molar-refractivity contribution in [3.8, 4) is 11.1 Å². The number of hydrogen-bond acceptors (Lipinski definition) is 2. The number of nitrogens with zero attached hydrogens (tertiary/aromatic N) is 1. The standard InChI is InChI=1S/C22H24ClN3/c1-2-21-20(15-25-26-21)16-3-5-17(6-4-16)22(11-13-24-14-12-22)18-7-9-19(23)10-8-18/h3-10,15,24H,2,11-14H2,1H3,(H,25,26). The summed E-state index contributed by atoms with van der Waals surface area (Å²) in [6.07, 6.45) is 5.07. The van der Waals surface area contributed by atoms with E-state index < -0.39 is 0 Å². The molecule has 4 heteroatoms. The summed E-state index contributed by atoms with van der Waals surface area (Å²) in [7, 11) is 0. The molecule has 0 bridgehead atoms. The highest BCUT2D eigenvalue weighted by Gasteiger charge is 2.35. The van der Waals surface area contributed by atoms with Crippen LogP contribution < -0.4 is 5.32 Å². The third-order valence-electron chi connectivity index (χ3n) is 5.67. The second kappa shape index (κ2) is 7.26. The Bertz CT molecular complexity index is 859. The maximum atomic E-state index is 6.13. The molecule has 134 valence electrons. The smallest absolute Gasteiger partial charge is 0.0568 e. The zero-order valence-electron chi connectivity index (χ0n) is 15.1. The Balaban J connectivity index is 1.74. The van der Waals surface area contributed by atoms with Crippen molar-refractivity contribution in [1.29, 1.82) is 0 Å². The predicted molar refractivity (Wildman–Crippen MR) is 108 cm³/mol.